The molecule has 0 aliphatic rings. The molecule has 0 aliphatic carbocycles. The zero-order valence-electron chi connectivity index (χ0n) is 26.2. The van der Waals surface area contributed by atoms with Gasteiger partial charge in [0.25, 0.3) is 0 Å². The summed E-state index contributed by atoms with van der Waals surface area (Å²) in [6.45, 7) is 0. The first kappa shape index (κ1) is 28.1. The van der Waals surface area contributed by atoms with Crippen molar-refractivity contribution in [3.8, 4) is 0 Å². The Morgan fingerprint density at radius 2 is 1.02 bits per heavy atom. The van der Waals surface area contributed by atoms with Gasteiger partial charge in [-0.25, -0.2) is 0 Å². The van der Waals surface area contributed by atoms with Gasteiger partial charge < -0.3 is 9.32 Å². The highest BCUT2D eigenvalue weighted by Crippen LogP contribution is 2.47. The lowest BCUT2D eigenvalue weighted by molar-refractivity contribution is 0.608. The minimum atomic E-state index is 0.540. The summed E-state index contributed by atoms with van der Waals surface area (Å²) >= 11 is 3.68. The van der Waals surface area contributed by atoms with Gasteiger partial charge in [0.15, 0.2) is 5.58 Å². The molecule has 232 valence electrons. The molecule has 10 rings (SSSR count). The lowest BCUT2D eigenvalue weighted by Gasteiger charge is -2.26. The van der Waals surface area contributed by atoms with Crippen molar-refractivity contribution in [3.63, 3.8) is 0 Å². The summed E-state index contributed by atoms with van der Waals surface area (Å²) in [6, 6.07) is 58.4. The van der Waals surface area contributed by atoms with Crippen LogP contribution in [0.4, 0.5) is 34.5 Å². The third kappa shape index (κ3) is 4.68. The quantitative estimate of drug-likeness (QED) is 0.177. The molecular formula is C43H27N3OS2. The molecular weight excluding hydrogens is 639 g/mol. The van der Waals surface area contributed by atoms with E-state index in [0.29, 0.717) is 6.01 Å². The maximum Gasteiger partial charge on any atom is 0.307 e. The Hall–Kier alpha value is -5.95. The topological polar surface area (TPSA) is 32.5 Å². The molecule has 7 aromatic carbocycles. The molecule has 0 spiro atoms. The Balaban J connectivity index is 1.16. The maximum absolute atomic E-state index is 6.33. The van der Waals surface area contributed by atoms with Crippen molar-refractivity contribution in [2.24, 2.45) is 0 Å². The van der Waals surface area contributed by atoms with E-state index in [9.17, 15) is 0 Å². The van der Waals surface area contributed by atoms with Gasteiger partial charge in [0.2, 0.25) is 0 Å². The largest absolute Gasteiger partial charge is 0.423 e. The van der Waals surface area contributed by atoms with Gasteiger partial charge in [-0.3, -0.25) is 4.90 Å². The van der Waals surface area contributed by atoms with Gasteiger partial charge in [-0.15, -0.1) is 22.7 Å². The molecule has 0 N–H and O–H groups in total. The van der Waals surface area contributed by atoms with Crippen LogP contribution in [0.5, 0.6) is 0 Å². The fourth-order valence-corrected chi connectivity index (χ4v) is 9.12. The predicted octanol–water partition coefficient (Wildman–Crippen LogP) is 13.5. The Morgan fingerprint density at radius 1 is 0.429 bits per heavy atom. The molecule has 0 bridgehead atoms. The van der Waals surface area contributed by atoms with E-state index in [1.165, 1.54) is 40.3 Å². The van der Waals surface area contributed by atoms with Gasteiger partial charge in [0.1, 0.15) is 5.52 Å². The number of fused-ring (bicyclic) bond motifs is 7. The Morgan fingerprint density at radius 3 is 1.80 bits per heavy atom. The first-order chi connectivity index (χ1) is 24.3. The van der Waals surface area contributed by atoms with Gasteiger partial charge >= 0.3 is 6.01 Å². The SMILES string of the molecule is c1ccc(N(c2ccc3sc4c(N(c5ccccc5)c5ccc6sc7ccccc7c6c5)cccc4c3c2)c2nc3ccccc3o2)cc1. The number of oxazole rings is 1. The fraction of sp³-hybridized carbons (Fsp3) is 0. The second-order valence-electron chi connectivity index (χ2n) is 12.0. The van der Waals surface area contributed by atoms with Crippen LogP contribution in [0.2, 0.25) is 0 Å². The number of anilines is 6. The van der Waals surface area contributed by atoms with Crippen molar-refractivity contribution < 1.29 is 4.42 Å². The second-order valence-corrected chi connectivity index (χ2v) is 14.2. The summed E-state index contributed by atoms with van der Waals surface area (Å²) in [5.74, 6) is 0. The number of para-hydroxylation sites is 4. The van der Waals surface area contributed by atoms with Crippen molar-refractivity contribution >= 4 is 109 Å². The van der Waals surface area contributed by atoms with E-state index < -0.39 is 0 Å². The molecule has 0 fully saturated rings. The average Bonchev–Trinajstić information content (AvgIpc) is 3.86. The van der Waals surface area contributed by atoms with Crippen molar-refractivity contribution in [1.29, 1.82) is 0 Å². The molecule has 3 aromatic heterocycles. The van der Waals surface area contributed by atoms with E-state index in [-0.39, 0.29) is 0 Å². The number of thiophene rings is 2. The van der Waals surface area contributed by atoms with Gasteiger partial charge in [0, 0.05) is 47.0 Å². The highest BCUT2D eigenvalue weighted by atomic mass is 32.1. The Bertz CT molecular complexity index is 2770. The summed E-state index contributed by atoms with van der Waals surface area (Å²) < 4.78 is 11.4. The average molecular weight is 666 g/mol. The maximum atomic E-state index is 6.33. The van der Waals surface area contributed by atoms with Gasteiger partial charge in [-0.1, -0.05) is 78.9 Å². The normalized spacial score (nSPS) is 11.7. The minimum Gasteiger partial charge on any atom is -0.423 e. The fourth-order valence-electron chi connectivity index (χ4n) is 6.85. The highest BCUT2D eigenvalue weighted by molar-refractivity contribution is 7.26. The van der Waals surface area contributed by atoms with Gasteiger partial charge in [-0.05, 0) is 84.9 Å². The zero-order valence-corrected chi connectivity index (χ0v) is 27.8. The third-order valence-corrected chi connectivity index (χ3v) is 11.4. The van der Waals surface area contributed by atoms with Crippen LogP contribution in [0.1, 0.15) is 0 Å². The first-order valence-electron chi connectivity index (χ1n) is 16.2. The van der Waals surface area contributed by atoms with E-state index in [1.54, 1.807) is 0 Å². The molecule has 0 saturated carbocycles. The molecule has 0 unspecified atom stereocenters. The summed E-state index contributed by atoms with van der Waals surface area (Å²) in [4.78, 5) is 9.40. The molecule has 6 heteroatoms. The van der Waals surface area contributed by atoms with Crippen LogP contribution in [-0.2, 0) is 0 Å². The van der Waals surface area contributed by atoms with Crippen LogP contribution in [0.3, 0.4) is 0 Å². The van der Waals surface area contributed by atoms with Crippen LogP contribution in [0, 0.1) is 0 Å². The van der Waals surface area contributed by atoms with Crippen molar-refractivity contribution in [2.75, 3.05) is 9.80 Å². The summed E-state index contributed by atoms with van der Waals surface area (Å²) in [7, 11) is 0. The lowest BCUT2D eigenvalue weighted by Crippen LogP contribution is -2.10. The Kier molecular flexibility index (Phi) is 6.50. The molecule has 0 amide bonds. The van der Waals surface area contributed by atoms with E-state index in [0.717, 1.165) is 39.5 Å². The lowest BCUT2D eigenvalue weighted by atomic mass is 10.1. The molecule has 0 atom stereocenters. The number of hydrogen-bond acceptors (Lipinski definition) is 6. The van der Waals surface area contributed by atoms with Crippen molar-refractivity contribution in [2.45, 2.75) is 0 Å². The zero-order chi connectivity index (χ0) is 32.3. The number of benzene rings is 7. The Labute approximate surface area is 290 Å². The molecule has 0 aliphatic heterocycles. The standard InChI is InChI=1S/C43H27N3OS2/c1-3-12-28(13-4-1)45(30-22-24-40-34(26-30)32-16-7-10-21-39(32)48-40)37-19-11-17-33-35-27-31(23-25-41(35)49-42(33)37)46(29-14-5-2-6-15-29)43-44-36-18-8-9-20-38(36)47-43/h1-27H. The van der Waals surface area contributed by atoms with Gasteiger partial charge in [-0.2, -0.15) is 4.98 Å². The van der Waals surface area contributed by atoms with Crippen LogP contribution in [0.15, 0.2) is 168 Å². The van der Waals surface area contributed by atoms with Crippen molar-refractivity contribution in [1.82, 2.24) is 4.98 Å². The van der Waals surface area contributed by atoms with Crippen LogP contribution in [-0.4, -0.2) is 4.98 Å². The van der Waals surface area contributed by atoms with Gasteiger partial charge in [0.05, 0.1) is 21.8 Å². The van der Waals surface area contributed by atoms with Crippen LogP contribution >= 0.6 is 22.7 Å². The van der Waals surface area contributed by atoms with E-state index >= 15 is 0 Å². The number of nitrogens with zero attached hydrogens (tertiary/aromatic N) is 3. The third-order valence-electron chi connectivity index (χ3n) is 9.08. The molecule has 10 aromatic rings. The summed E-state index contributed by atoms with van der Waals surface area (Å²) in [5.41, 5.74) is 6.99. The van der Waals surface area contributed by atoms with E-state index in [4.69, 9.17) is 9.40 Å². The monoisotopic (exact) mass is 665 g/mol. The molecule has 49 heavy (non-hydrogen) atoms. The van der Waals surface area contributed by atoms with E-state index in [1.807, 2.05) is 65.1 Å². The smallest absolute Gasteiger partial charge is 0.307 e. The number of hydrogen-bond donors (Lipinski definition) is 0. The summed E-state index contributed by atoms with van der Waals surface area (Å²) in [5, 5.41) is 5.00. The highest BCUT2D eigenvalue weighted by Gasteiger charge is 2.22. The second kappa shape index (κ2) is 11.3. The van der Waals surface area contributed by atoms with Crippen molar-refractivity contribution in [3.05, 3.63) is 164 Å². The number of aromatic nitrogens is 1. The molecule has 0 saturated heterocycles. The molecule has 3 heterocycles. The van der Waals surface area contributed by atoms with Crippen LogP contribution in [0.25, 0.3) is 51.4 Å². The van der Waals surface area contributed by atoms with Crippen LogP contribution < -0.4 is 9.80 Å². The number of rotatable bonds is 6. The van der Waals surface area contributed by atoms with E-state index in [2.05, 4.69) is 131 Å². The minimum absolute atomic E-state index is 0.540. The predicted molar refractivity (Wildman–Crippen MR) is 209 cm³/mol. The molecule has 0 radical (unpaired) electrons. The molecule has 4 nitrogen and oxygen atoms in total. The summed E-state index contributed by atoms with van der Waals surface area (Å²) in [6.07, 6.45) is 0. The first-order valence-corrected chi connectivity index (χ1v) is 17.8.